The third kappa shape index (κ3) is 5.04. The first kappa shape index (κ1) is 24.5. The van der Waals surface area contributed by atoms with Crippen LogP contribution < -0.4 is 10.3 Å². The highest BCUT2D eigenvalue weighted by atomic mass is 32.1. The second-order valence-corrected chi connectivity index (χ2v) is 10.2. The molecule has 1 aliphatic carbocycles. The molecule has 0 fully saturated rings. The molecule has 1 N–H and O–H groups in total. The lowest BCUT2D eigenvalue weighted by Crippen LogP contribution is -2.14. The molecule has 2 aromatic heterocycles. The van der Waals surface area contributed by atoms with Crippen molar-refractivity contribution in [2.75, 3.05) is 7.11 Å². The molecule has 7 nitrogen and oxygen atoms in total. The van der Waals surface area contributed by atoms with E-state index in [1.807, 2.05) is 24.3 Å². The van der Waals surface area contributed by atoms with Gasteiger partial charge >= 0.3 is 5.97 Å². The summed E-state index contributed by atoms with van der Waals surface area (Å²) in [6.45, 7) is 2.50. The van der Waals surface area contributed by atoms with Crippen molar-refractivity contribution in [3.63, 3.8) is 0 Å². The number of thiophene rings is 1. The van der Waals surface area contributed by atoms with Crippen molar-refractivity contribution in [3.8, 4) is 11.8 Å². The number of para-hydroxylation sites is 1. The van der Waals surface area contributed by atoms with E-state index in [9.17, 15) is 14.9 Å². The van der Waals surface area contributed by atoms with Crippen molar-refractivity contribution in [3.05, 3.63) is 91.8 Å². The molecule has 0 spiro atoms. The molecule has 2 aromatic carbocycles. The van der Waals surface area contributed by atoms with Crippen LogP contribution in [-0.4, -0.2) is 23.0 Å². The summed E-state index contributed by atoms with van der Waals surface area (Å²) in [6, 6.07) is 16.5. The number of carbonyl (C=O) groups excluding carboxylic acids is 1. The van der Waals surface area contributed by atoms with Gasteiger partial charge in [0, 0.05) is 10.4 Å². The summed E-state index contributed by atoms with van der Waals surface area (Å²) < 4.78 is 10.8. The van der Waals surface area contributed by atoms with Crippen LogP contribution in [0.2, 0.25) is 0 Å². The van der Waals surface area contributed by atoms with Gasteiger partial charge in [0.05, 0.1) is 23.6 Å². The molecule has 2 heterocycles. The zero-order valence-electron chi connectivity index (χ0n) is 20.5. The number of rotatable bonds is 6. The van der Waals surface area contributed by atoms with E-state index in [2.05, 4.69) is 23.0 Å². The number of benzene rings is 2. The molecule has 5 rings (SSSR count). The highest BCUT2D eigenvalue weighted by Gasteiger charge is 2.23. The molecule has 186 valence electrons. The number of aromatic amines is 1. The molecule has 4 aromatic rings. The number of fused-ring (bicyclic) bond motifs is 3. The highest BCUT2D eigenvalue weighted by Crippen LogP contribution is 2.36. The molecule has 0 saturated carbocycles. The number of ether oxygens (including phenoxy) is 2. The Hall–Kier alpha value is -4.22. The van der Waals surface area contributed by atoms with Crippen LogP contribution >= 0.6 is 11.3 Å². The van der Waals surface area contributed by atoms with Gasteiger partial charge in [-0.25, -0.2) is 9.78 Å². The monoisotopic (exact) mass is 511 g/mol. The first-order valence-electron chi connectivity index (χ1n) is 12.0. The molecule has 0 saturated heterocycles. The number of nitrogens with one attached hydrogen (secondary N) is 1. The number of carbonyl (C=O) groups is 1. The topological polar surface area (TPSA) is 105 Å². The Morgan fingerprint density at radius 3 is 2.78 bits per heavy atom. The quantitative estimate of drug-likeness (QED) is 0.269. The standard InChI is InChI=1S/C29H25N3O4S/c1-17-7-12-22-24(13-17)37-28-25(22)27(33)31-26(32-28)21(15-30)14-20-5-3-4-6-23(20)36-16-18-8-10-19(11-9-18)29(34)35-2/h3-6,8-11,14,17H,7,12-13,16H2,1-2H3,(H,31,32,33)/b21-14+/t17-/m1/s1. The van der Waals surface area contributed by atoms with E-state index in [4.69, 9.17) is 9.47 Å². The number of aromatic nitrogens is 2. The van der Waals surface area contributed by atoms with Gasteiger partial charge < -0.3 is 14.5 Å². The minimum absolute atomic E-state index is 0.201. The number of aryl methyl sites for hydroxylation is 1. The maximum atomic E-state index is 13.0. The van der Waals surface area contributed by atoms with Gasteiger partial charge in [-0.15, -0.1) is 11.3 Å². The Balaban J connectivity index is 1.42. The maximum Gasteiger partial charge on any atom is 0.337 e. The van der Waals surface area contributed by atoms with E-state index in [0.29, 0.717) is 33.0 Å². The average molecular weight is 512 g/mol. The van der Waals surface area contributed by atoms with Crippen molar-refractivity contribution in [2.45, 2.75) is 32.8 Å². The molecule has 1 aliphatic rings. The predicted octanol–water partition coefficient (Wildman–Crippen LogP) is 5.54. The van der Waals surface area contributed by atoms with E-state index in [1.54, 1.807) is 41.7 Å². The fraction of sp³-hybridized carbons (Fsp3) is 0.241. The fourth-order valence-electron chi connectivity index (χ4n) is 4.53. The number of methoxy groups -OCH3 is 1. The summed E-state index contributed by atoms with van der Waals surface area (Å²) in [5.41, 5.74) is 3.18. The summed E-state index contributed by atoms with van der Waals surface area (Å²) in [6.07, 6.45) is 4.59. The van der Waals surface area contributed by atoms with Gasteiger partial charge in [0.2, 0.25) is 0 Å². The molecule has 0 radical (unpaired) electrons. The van der Waals surface area contributed by atoms with Crippen LogP contribution in [0, 0.1) is 17.2 Å². The lowest BCUT2D eigenvalue weighted by atomic mass is 9.89. The van der Waals surface area contributed by atoms with E-state index in [1.165, 1.54) is 12.0 Å². The van der Waals surface area contributed by atoms with E-state index >= 15 is 0 Å². The summed E-state index contributed by atoms with van der Waals surface area (Å²) in [5.74, 6) is 1.03. The maximum absolute atomic E-state index is 13.0. The van der Waals surface area contributed by atoms with Crippen LogP contribution in [0.15, 0.2) is 53.3 Å². The third-order valence-electron chi connectivity index (χ3n) is 6.53. The van der Waals surface area contributed by atoms with E-state index in [-0.39, 0.29) is 23.6 Å². The van der Waals surface area contributed by atoms with Crippen molar-refractivity contribution in [2.24, 2.45) is 5.92 Å². The summed E-state index contributed by atoms with van der Waals surface area (Å²) in [4.78, 5) is 34.1. The Morgan fingerprint density at radius 2 is 2.03 bits per heavy atom. The van der Waals surface area contributed by atoms with Crippen LogP contribution in [0.3, 0.4) is 0 Å². The van der Waals surface area contributed by atoms with Crippen LogP contribution in [-0.2, 0) is 24.2 Å². The molecule has 1 atom stereocenters. The summed E-state index contributed by atoms with van der Waals surface area (Å²) in [7, 11) is 1.34. The van der Waals surface area contributed by atoms with Gasteiger partial charge in [-0.3, -0.25) is 4.79 Å². The van der Waals surface area contributed by atoms with Gasteiger partial charge in [-0.05, 0) is 60.6 Å². The third-order valence-corrected chi connectivity index (χ3v) is 7.68. The smallest absolute Gasteiger partial charge is 0.337 e. The largest absolute Gasteiger partial charge is 0.488 e. The Kier molecular flexibility index (Phi) is 6.89. The zero-order valence-corrected chi connectivity index (χ0v) is 21.4. The normalized spacial score (nSPS) is 15.2. The lowest BCUT2D eigenvalue weighted by Gasteiger charge is -2.17. The Morgan fingerprint density at radius 1 is 1.24 bits per heavy atom. The summed E-state index contributed by atoms with van der Waals surface area (Å²) in [5, 5.41) is 10.6. The van der Waals surface area contributed by atoms with Crippen molar-refractivity contribution >= 4 is 39.2 Å². The van der Waals surface area contributed by atoms with Crippen molar-refractivity contribution in [1.29, 1.82) is 5.26 Å². The van der Waals surface area contributed by atoms with E-state index < -0.39 is 5.97 Å². The number of H-pyrrole nitrogens is 1. The number of nitrogens with zero attached hydrogens (tertiary/aromatic N) is 2. The molecular weight excluding hydrogens is 486 g/mol. The second kappa shape index (κ2) is 10.4. The molecular formula is C29H25N3O4S. The molecule has 0 bridgehead atoms. The van der Waals surface area contributed by atoms with Crippen LogP contribution in [0.25, 0.3) is 21.9 Å². The minimum Gasteiger partial charge on any atom is -0.488 e. The zero-order chi connectivity index (χ0) is 25.9. The summed E-state index contributed by atoms with van der Waals surface area (Å²) >= 11 is 1.56. The number of esters is 1. The van der Waals surface area contributed by atoms with Gasteiger partial charge in [-0.2, -0.15) is 5.26 Å². The number of allylic oxidation sites excluding steroid dienone is 1. The Bertz CT molecular complexity index is 1610. The van der Waals surface area contributed by atoms with Gasteiger partial charge in [0.1, 0.15) is 23.3 Å². The second-order valence-electron chi connectivity index (χ2n) is 9.13. The van der Waals surface area contributed by atoms with Crippen LogP contribution in [0.5, 0.6) is 5.75 Å². The number of hydrogen-bond acceptors (Lipinski definition) is 7. The van der Waals surface area contributed by atoms with Crippen molar-refractivity contribution < 1.29 is 14.3 Å². The highest BCUT2D eigenvalue weighted by molar-refractivity contribution is 7.18. The molecule has 0 unspecified atom stereocenters. The van der Waals surface area contributed by atoms with E-state index in [0.717, 1.165) is 30.4 Å². The Labute approximate surface area is 218 Å². The predicted molar refractivity (Wildman–Crippen MR) is 143 cm³/mol. The molecule has 37 heavy (non-hydrogen) atoms. The fourth-order valence-corrected chi connectivity index (χ4v) is 5.92. The molecule has 0 amide bonds. The van der Waals surface area contributed by atoms with Gasteiger partial charge in [0.15, 0.2) is 5.82 Å². The average Bonchev–Trinajstić information content (AvgIpc) is 3.28. The number of hydrogen-bond donors (Lipinski definition) is 1. The first-order valence-corrected chi connectivity index (χ1v) is 12.8. The molecule has 0 aliphatic heterocycles. The SMILES string of the molecule is COC(=O)c1ccc(COc2ccccc2/C=C(\C#N)c2nc3sc4c(c3c(=O)[nH]2)CC[C@@H](C)C4)cc1. The number of nitriles is 1. The van der Waals surface area contributed by atoms with Gasteiger partial charge in [-0.1, -0.05) is 37.3 Å². The molecule has 8 heteroatoms. The van der Waals surface area contributed by atoms with Crippen LogP contribution in [0.1, 0.15) is 51.1 Å². The minimum atomic E-state index is -0.394. The lowest BCUT2D eigenvalue weighted by molar-refractivity contribution is 0.0600. The van der Waals surface area contributed by atoms with Crippen molar-refractivity contribution in [1.82, 2.24) is 9.97 Å². The van der Waals surface area contributed by atoms with Crippen LogP contribution in [0.4, 0.5) is 0 Å². The van der Waals surface area contributed by atoms with Gasteiger partial charge in [0.25, 0.3) is 5.56 Å². The first-order chi connectivity index (χ1) is 18.0.